The Kier molecular flexibility index (Phi) is 4.85. The molecule has 0 atom stereocenters. The number of phenolic OH excluding ortho intramolecular Hbond substituents is 2. The normalized spacial score (nSPS) is 10.6. The van der Waals surface area contributed by atoms with Crippen LogP contribution in [0.2, 0.25) is 5.02 Å². The Morgan fingerprint density at radius 1 is 1.23 bits per heavy atom. The molecule has 1 amide bonds. The van der Waals surface area contributed by atoms with Gasteiger partial charge in [0, 0.05) is 11.1 Å². The summed E-state index contributed by atoms with van der Waals surface area (Å²) in [7, 11) is 1.41. The van der Waals surface area contributed by atoms with Crippen LogP contribution in [0.25, 0.3) is 0 Å². The molecule has 0 saturated carbocycles. The molecule has 0 aliphatic heterocycles. The second-order valence-electron chi connectivity index (χ2n) is 4.27. The molecule has 2 aromatic rings. The van der Waals surface area contributed by atoms with Crippen LogP contribution in [0.5, 0.6) is 17.2 Å². The minimum Gasteiger partial charge on any atom is -0.508 e. The van der Waals surface area contributed by atoms with Crippen molar-refractivity contribution in [2.24, 2.45) is 5.10 Å². The summed E-state index contributed by atoms with van der Waals surface area (Å²) in [4.78, 5) is 11.8. The zero-order chi connectivity index (χ0) is 16.1. The third-order valence-electron chi connectivity index (χ3n) is 2.83. The Bertz CT molecular complexity index is 714. The van der Waals surface area contributed by atoms with Crippen LogP contribution >= 0.6 is 11.6 Å². The Hall–Kier alpha value is -2.73. The van der Waals surface area contributed by atoms with Crippen molar-refractivity contribution in [2.45, 2.75) is 0 Å². The minimum absolute atomic E-state index is 0.0699. The maximum atomic E-state index is 11.8. The number of carbonyl (C=O) groups is 1. The molecule has 0 bridgehead atoms. The van der Waals surface area contributed by atoms with Crippen LogP contribution in [-0.2, 0) is 0 Å². The van der Waals surface area contributed by atoms with Gasteiger partial charge in [0.2, 0.25) is 0 Å². The van der Waals surface area contributed by atoms with Gasteiger partial charge in [-0.25, -0.2) is 5.43 Å². The summed E-state index contributed by atoms with van der Waals surface area (Å²) in [6.07, 6.45) is 1.31. The molecular formula is C15H13ClN2O4. The zero-order valence-electron chi connectivity index (χ0n) is 11.6. The van der Waals surface area contributed by atoms with Crippen LogP contribution in [0.3, 0.4) is 0 Å². The number of rotatable bonds is 4. The molecule has 0 aromatic heterocycles. The van der Waals surface area contributed by atoms with Crippen LogP contribution in [0.1, 0.15) is 15.9 Å². The van der Waals surface area contributed by atoms with Gasteiger partial charge in [0.25, 0.3) is 5.91 Å². The van der Waals surface area contributed by atoms with E-state index in [4.69, 9.17) is 21.4 Å². The number of ether oxygens (including phenoxy) is 1. The SMILES string of the molecule is COc1ccc(/C=N\NC(=O)c2ccc(O)cc2)c(Cl)c1O. The van der Waals surface area contributed by atoms with Crippen LogP contribution in [0, 0.1) is 0 Å². The first kappa shape index (κ1) is 15.7. The topological polar surface area (TPSA) is 91.2 Å². The Balaban J connectivity index is 2.08. The fourth-order valence-electron chi connectivity index (χ4n) is 1.66. The summed E-state index contributed by atoms with van der Waals surface area (Å²) in [5.41, 5.74) is 3.09. The van der Waals surface area contributed by atoms with Crippen molar-refractivity contribution < 1.29 is 19.7 Å². The van der Waals surface area contributed by atoms with E-state index >= 15 is 0 Å². The van der Waals surface area contributed by atoms with Gasteiger partial charge in [-0.3, -0.25) is 4.79 Å². The minimum atomic E-state index is -0.440. The van der Waals surface area contributed by atoms with E-state index < -0.39 is 5.91 Å². The molecule has 0 saturated heterocycles. The van der Waals surface area contributed by atoms with Gasteiger partial charge in [0.05, 0.1) is 18.3 Å². The summed E-state index contributed by atoms with van der Waals surface area (Å²) in [6.45, 7) is 0. The smallest absolute Gasteiger partial charge is 0.271 e. The molecule has 0 heterocycles. The number of aromatic hydroxyl groups is 2. The number of phenols is 2. The standard InChI is InChI=1S/C15H13ClN2O4/c1-22-12-7-4-10(13(16)14(12)20)8-17-18-15(21)9-2-5-11(19)6-3-9/h2-8,19-20H,1H3,(H,18,21)/b17-8-. The van der Waals surface area contributed by atoms with Gasteiger partial charge in [-0.05, 0) is 36.4 Å². The molecule has 7 heteroatoms. The van der Waals surface area contributed by atoms with Gasteiger partial charge < -0.3 is 14.9 Å². The van der Waals surface area contributed by atoms with E-state index in [1.54, 1.807) is 6.07 Å². The average Bonchev–Trinajstić information content (AvgIpc) is 2.52. The molecule has 114 valence electrons. The van der Waals surface area contributed by atoms with E-state index in [1.807, 2.05) is 0 Å². The first-order valence-electron chi connectivity index (χ1n) is 6.21. The lowest BCUT2D eigenvalue weighted by atomic mass is 10.2. The second kappa shape index (κ2) is 6.82. The van der Waals surface area contributed by atoms with Crippen molar-refractivity contribution >= 4 is 23.7 Å². The van der Waals surface area contributed by atoms with Gasteiger partial charge in [0.1, 0.15) is 5.75 Å². The van der Waals surface area contributed by atoms with Gasteiger partial charge in [-0.2, -0.15) is 5.10 Å². The number of carbonyl (C=O) groups excluding carboxylic acids is 1. The van der Waals surface area contributed by atoms with Crippen LogP contribution < -0.4 is 10.2 Å². The predicted molar refractivity (Wildman–Crippen MR) is 82.8 cm³/mol. The summed E-state index contributed by atoms with van der Waals surface area (Å²) in [6, 6.07) is 8.86. The molecule has 0 radical (unpaired) electrons. The molecule has 2 rings (SSSR count). The van der Waals surface area contributed by atoms with Crippen LogP contribution in [0.15, 0.2) is 41.5 Å². The van der Waals surface area contributed by atoms with Crippen molar-refractivity contribution in [1.82, 2.24) is 5.43 Å². The highest BCUT2D eigenvalue weighted by Crippen LogP contribution is 2.35. The van der Waals surface area contributed by atoms with E-state index in [1.165, 1.54) is 43.7 Å². The van der Waals surface area contributed by atoms with Crippen molar-refractivity contribution in [1.29, 1.82) is 0 Å². The maximum absolute atomic E-state index is 11.8. The van der Waals surface area contributed by atoms with E-state index in [2.05, 4.69) is 10.5 Å². The lowest BCUT2D eigenvalue weighted by Gasteiger charge is -2.06. The molecule has 0 aliphatic rings. The summed E-state index contributed by atoms with van der Waals surface area (Å²) in [5, 5.41) is 22.8. The molecular weight excluding hydrogens is 308 g/mol. The number of hydrogen-bond acceptors (Lipinski definition) is 5. The number of nitrogens with one attached hydrogen (secondary N) is 1. The fourth-order valence-corrected chi connectivity index (χ4v) is 1.87. The number of methoxy groups -OCH3 is 1. The van der Waals surface area contributed by atoms with Gasteiger partial charge in [-0.1, -0.05) is 11.6 Å². The van der Waals surface area contributed by atoms with Crippen molar-refractivity contribution in [3.63, 3.8) is 0 Å². The van der Waals surface area contributed by atoms with E-state index in [0.29, 0.717) is 11.1 Å². The number of halogens is 1. The van der Waals surface area contributed by atoms with E-state index in [0.717, 1.165) is 0 Å². The number of benzene rings is 2. The van der Waals surface area contributed by atoms with E-state index in [9.17, 15) is 9.90 Å². The monoisotopic (exact) mass is 320 g/mol. The summed E-state index contributed by atoms with van der Waals surface area (Å²) >= 11 is 5.97. The molecule has 0 fully saturated rings. The predicted octanol–water partition coefficient (Wildman–Crippen LogP) is 2.52. The van der Waals surface area contributed by atoms with Gasteiger partial charge in [0.15, 0.2) is 11.5 Å². The number of hydrogen-bond donors (Lipinski definition) is 3. The van der Waals surface area contributed by atoms with Crippen molar-refractivity contribution in [3.8, 4) is 17.2 Å². The lowest BCUT2D eigenvalue weighted by molar-refractivity contribution is 0.0955. The Morgan fingerprint density at radius 3 is 2.55 bits per heavy atom. The summed E-state index contributed by atoms with van der Waals surface area (Å²) < 4.78 is 4.92. The van der Waals surface area contributed by atoms with E-state index in [-0.39, 0.29) is 22.3 Å². The van der Waals surface area contributed by atoms with Crippen molar-refractivity contribution in [3.05, 3.63) is 52.5 Å². The molecule has 0 unspecified atom stereocenters. The first-order chi connectivity index (χ1) is 10.5. The largest absolute Gasteiger partial charge is 0.508 e. The number of nitrogens with zero attached hydrogens (tertiary/aromatic N) is 1. The lowest BCUT2D eigenvalue weighted by Crippen LogP contribution is -2.17. The van der Waals surface area contributed by atoms with Crippen molar-refractivity contribution in [2.75, 3.05) is 7.11 Å². The Labute approximate surface area is 131 Å². The molecule has 0 aliphatic carbocycles. The fraction of sp³-hybridized carbons (Fsp3) is 0.0667. The molecule has 22 heavy (non-hydrogen) atoms. The second-order valence-corrected chi connectivity index (χ2v) is 4.64. The third-order valence-corrected chi connectivity index (χ3v) is 3.23. The third kappa shape index (κ3) is 3.48. The number of hydrazone groups is 1. The quantitative estimate of drug-likeness (QED) is 0.596. The molecule has 6 nitrogen and oxygen atoms in total. The maximum Gasteiger partial charge on any atom is 0.271 e. The molecule has 3 N–H and O–H groups in total. The average molecular weight is 321 g/mol. The number of amides is 1. The molecule has 0 spiro atoms. The highest BCUT2D eigenvalue weighted by Gasteiger charge is 2.10. The van der Waals surface area contributed by atoms with Crippen LogP contribution in [-0.4, -0.2) is 29.4 Å². The molecule has 2 aromatic carbocycles. The Morgan fingerprint density at radius 2 is 1.91 bits per heavy atom. The van der Waals surface area contributed by atoms with Gasteiger partial charge in [-0.15, -0.1) is 0 Å². The highest BCUT2D eigenvalue weighted by molar-refractivity contribution is 6.34. The highest BCUT2D eigenvalue weighted by atomic mass is 35.5. The summed E-state index contributed by atoms with van der Waals surface area (Å²) in [5.74, 6) is -0.320. The first-order valence-corrected chi connectivity index (χ1v) is 6.58. The van der Waals surface area contributed by atoms with Crippen LogP contribution in [0.4, 0.5) is 0 Å². The van der Waals surface area contributed by atoms with Gasteiger partial charge >= 0.3 is 0 Å². The zero-order valence-corrected chi connectivity index (χ0v) is 12.3.